The molecule has 74 valence electrons. The number of rotatable bonds is 4. The van der Waals surface area contributed by atoms with Crippen molar-refractivity contribution in [2.24, 2.45) is 0 Å². The van der Waals surface area contributed by atoms with Crippen LogP contribution in [-0.2, 0) is 4.79 Å². The summed E-state index contributed by atoms with van der Waals surface area (Å²) < 4.78 is 0. The summed E-state index contributed by atoms with van der Waals surface area (Å²) in [5, 5.41) is 8.74. The molecular formula is C12H14O2. The van der Waals surface area contributed by atoms with Crippen molar-refractivity contribution in [1.29, 1.82) is 0 Å². The maximum atomic E-state index is 10.6. The third-order valence-electron chi connectivity index (χ3n) is 2.05. The molecule has 0 saturated heterocycles. The van der Waals surface area contributed by atoms with Crippen LogP contribution in [0.1, 0.15) is 24.8 Å². The Morgan fingerprint density at radius 2 is 2.07 bits per heavy atom. The molecule has 0 aliphatic heterocycles. The van der Waals surface area contributed by atoms with E-state index >= 15 is 0 Å². The van der Waals surface area contributed by atoms with E-state index in [4.69, 9.17) is 5.11 Å². The molecule has 1 atom stereocenters. The van der Waals surface area contributed by atoms with Crippen LogP contribution in [0.3, 0.4) is 0 Å². The van der Waals surface area contributed by atoms with Crippen LogP contribution < -0.4 is 0 Å². The lowest BCUT2D eigenvalue weighted by atomic mass is 9.95. The van der Waals surface area contributed by atoms with E-state index < -0.39 is 5.97 Å². The first-order valence-corrected chi connectivity index (χ1v) is 4.63. The van der Waals surface area contributed by atoms with E-state index in [0.29, 0.717) is 0 Å². The van der Waals surface area contributed by atoms with Gasteiger partial charge in [0.05, 0.1) is 6.42 Å². The Balaban J connectivity index is 2.83. The molecule has 1 N–H and O–H groups in total. The molecule has 0 spiro atoms. The van der Waals surface area contributed by atoms with Crippen molar-refractivity contribution >= 4 is 5.97 Å². The third kappa shape index (κ3) is 3.05. The molecule has 1 aromatic carbocycles. The number of aliphatic carboxylic acids is 1. The first-order valence-electron chi connectivity index (χ1n) is 4.63. The van der Waals surface area contributed by atoms with Gasteiger partial charge in [0, 0.05) is 5.92 Å². The van der Waals surface area contributed by atoms with E-state index in [1.54, 1.807) is 0 Å². The Hall–Kier alpha value is -1.57. The largest absolute Gasteiger partial charge is 0.481 e. The van der Waals surface area contributed by atoms with E-state index in [1.807, 2.05) is 49.4 Å². The summed E-state index contributed by atoms with van der Waals surface area (Å²) in [4.78, 5) is 10.6. The fourth-order valence-corrected chi connectivity index (χ4v) is 1.42. The highest BCUT2D eigenvalue weighted by Crippen LogP contribution is 2.20. The highest BCUT2D eigenvalue weighted by atomic mass is 16.4. The molecule has 14 heavy (non-hydrogen) atoms. The van der Waals surface area contributed by atoms with Gasteiger partial charge in [0.2, 0.25) is 0 Å². The molecule has 0 heterocycles. The number of allylic oxidation sites excluding steroid dienone is 2. The number of carboxylic acid groups (broad SMARTS) is 1. The first-order chi connectivity index (χ1) is 6.74. The summed E-state index contributed by atoms with van der Waals surface area (Å²) in [7, 11) is 0. The zero-order chi connectivity index (χ0) is 10.4. The lowest BCUT2D eigenvalue weighted by molar-refractivity contribution is -0.137. The van der Waals surface area contributed by atoms with Gasteiger partial charge in [-0.05, 0) is 12.5 Å². The first kappa shape index (κ1) is 10.5. The van der Waals surface area contributed by atoms with Crippen LogP contribution in [0.5, 0.6) is 0 Å². The number of hydrogen-bond donors (Lipinski definition) is 1. The van der Waals surface area contributed by atoms with Gasteiger partial charge in [0.1, 0.15) is 0 Å². The molecule has 0 bridgehead atoms. The second-order valence-electron chi connectivity index (χ2n) is 3.14. The van der Waals surface area contributed by atoms with E-state index in [1.165, 1.54) is 0 Å². The topological polar surface area (TPSA) is 37.3 Å². The standard InChI is InChI=1S/C12H14O2/c1-2-6-11(9-12(13)14)10-7-4-3-5-8-10/h2-8,11H,9H2,1H3,(H,13,14)/b6-2+/t11-/m1/s1. The summed E-state index contributed by atoms with van der Waals surface area (Å²) in [5.74, 6) is -0.782. The zero-order valence-corrected chi connectivity index (χ0v) is 8.18. The molecule has 0 aliphatic rings. The predicted molar refractivity (Wildman–Crippen MR) is 56.2 cm³/mol. The van der Waals surface area contributed by atoms with E-state index in [9.17, 15) is 4.79 Å². The molecular weight excluding hydrogens is 176 g/mol. The van der Waals surface area contributed by atoms with Crippen molar-refractivity contribution in [1.82, 2.24) is 0 Å². The van der Waals surface area contributed by atoms with Gasteiger partial charge in [-0.3, -0.25) is 4.79 Å². The Kier molecular flexibility index (Phi) is 3.92. The second kappa shape index (κ2) is 5.22. The third-order valence-corrected chi connectivity index (χ3v) is 2.05. The van der Waals surface area contributed by atoms with Crippen LogP contribution in [0.4, 0.5) is 0 Å². The molecule has 0 radical (unpaired) electrons. The molecule has 2 nitrogen and oxygen atoms in total. The summed E-state index contributed by atoms with van der Waals surface area (Å²) in [5.41, 5.74) is 1.05. The average Bonchev–Trinajstić information content (AvgIpc) is 2.18. The van der Waals surface area contributed by atoms with Gasteiger partial charge in [-0.15, -0.1) is 0 Å². The van der Waals surface area contributed by atoms with Crippen LogP contribution in [0.25, 0.3) is 0 Å². The summed E-state index contributed by atoms with van der Waals surface area (Å²) in [6.07, 6.45) is 3.96. The van der Waals surface area contributed by atoms with E-state index in [0.717, 1.165) is 5.56 Å². The average molecular weight is 190 g/mol. The minimum absolute atomic E-state index is 0.0151. The summed E-state index contributed by atoms with van der Waals surface area (Å²) in [6.45, 7) is 1.90. The molecule has 1 aromatic rings. The Morgan fingerprint density at radius 3 is 2.57 bits per heavy atom. The van der Waals surface area contributed by atoms with Crippen LogP contribution in [-0.4, -0.2) is 11.1 Å². The highest BCUT2D eigenvalue weighted by Gasteiger charge is 2.11. The van der Waals surface area contributed by atoms with Crippen molar-refractivity contribution in [2.75, 3.05) is 0 Å². The van der Waals surface area contributed by atoms with Gasteiger partial charge in [0.15, 0.2) is 0 Å². The number of carbonyl (C=O) groups is 1. The lowest BCUT2D eigenvalue weighted by Gasteiger charge is -2.09. The minimum Gasteiger partial charge on any atom is -0.481 e. The molecule has 1 rings (SSSR count). The quantitative estimate of drug-likeness (QED) is 0.741. The van der Waals surface area contributed by atoms with E-state index in [2.05, 4.69) is 0 Å². The predicted octanol–water partition coefficient (Wildman–Crippen LogP) is 2.82. The summed E-state index contributed by atoms with van der Waals surface area (Å²) >= 11 is 0. The molecule has 0 amide bonds. The van der Waals surface area contributed by atoms with Crippen molar-refractivity contribution in [3.05, 3.63) is 48.0 Å². The molecule has 0 aliphatic carbocycles. The van der Waals surface area contributed by atoms with Crippen LogP contribution in [0.2, 0.25) is 0 Å². The Morgan fingerprint density at radius 1 is 1.43 bits per heavy atom. The second-order valence-corrected chi connectivity index (χ2v) is 3.14. The molecule has 2 heteroatoms. The SMILES string of the molecule is C/C=C/[C@H](CC(=O)O)c1ccccc1. The van der Waals surface area contributed by atoms with Crippen molar-refractivity contribution in [3.63, 3.8) is 0 Å². The Bertz CT molecular complexity index is 314. The van der Waals surface area contributed by atoms with Crippen molar-refractivity contribution in [3.8, 4) is 0 Å². The van der Waals surface area contributed by atoms with Crippen LogP contribution >= 0.6 is 0 Å². The fourth-order valence-electron chi connectivity index (χ4n) is 1.42. The lowest BCUT2D eigenvalue weighted by Crippen LogP contribution is -2.03. The number of carboxylic acids is 1. The highest BCUT2D eigenvalue weighted by molar-refractivity contribution is 5.68. The number of benzene rings is 1. The van der Waals surface area contributed by atoms with E-state index in [-0.39, 0.29) is 12.3 Å². The fraction of sp³-hybridized carbons (Fsp3) is 0.250. The molecule has 0 fully saturated rings. The van der Waals surface area contributed by atoms with Crippen LogP contribution in [0.15, 0.2) is 42.5 Å². The van der Waals surface area contributed by atoms with Gasteiger partial charge in [-0.1, -0.05) is 42.5 Å². The van der Waals surface area contributed by atoms with Crippen molar-refractivity contribution < 1.29 is 9.90 Å². The molecule has 0 saturated carbocycles. The van der Waals surface area contributed by atoms with Crippen molar-refractivity contribution in [2.45, 2.75) is 19.3 Å². The maximum Gasteiger partial charge on any atom is 0.304 e. The maximum absolute atomic E-state index is 10.6. The smallest absolute Gasteiger partial charge is 0.304 e. The zero-order valence-electron chi connectivity index (χ0n) is 8.18. The number of hydrogen-bond acceptors (Lipinski definition) is 1. The minimum atomic E-state index is -0.767. The van der Waals surface area contributed by atoms with Gasteiger partial charge in [0.25, 0.3) is 0 Å². The normalized spacial score (nSPS) is 12.9. The summed E-state index contributed by atoms with van der Waals surface area (Å²) in [6, 6.07) is 9.68. The molecule has 0 aromatic heterocycles. The molecule has 0 unspecified atom stereocenters. The van der Waals surface area contributed by atoms with Gasteiger partial charge in [-0.2, -0.15) is 0 Å². The van der Waals surface area contributed by atoms with Crippen LogP contribution in [0, 0.1) is 0 Å². The monoisotopic (exact) mass is 190 g/mol. The van der Waals surface area contributed by atoms with Gasteiger partial charge in [-0.25, -0.2) is 0 Å². The van der Waals surface area contributed by atoms with Gasteiger partial charge < -0.3 is 5.11 Å². The Labute approximate surface area is 83.9 Å². The van der Waals surface area contributed by atoms with Gasteiger partial charge >= 0.3 is 5.97 Å².